The van der Waals surface area contributed by atoms with E-state index in [2.05, 4.69) is 10.0 Å². The Morgan fingerprint density at radius 2 is 1.94 bits per heavy atom. The van der Waals surface area contributed by atoms with Crippen molar-refractivity contribution in [2.45, 2.75) is 11.8 Å². The average molecular weight is 299 g/mol. The van der Waals surface area contributed by atoms with E-state index in [1.165, 1.54) is 6.07 Å². The van der Waals surface area contributed by atoms with Crippen LogP contribution in [0.4, 0.5) is 0 Å². The van der Waals surface area contributed by atoms with E-state index in [-0.39, 0.29) is 17.3 Å². The first-order chi connectivity index (χ1) is 7.47. The van der Waals surface area contributed by atoms with Crippen LogP contribution in [0.1, 0.15) is 5.56 Å². The smallest absolute Gasteiger partial charge is 0.240 e. The quantitative estimate of drug-likeness (QED) is 0.811. The minimum atomic E-state index is -3.45. The van der Waals surface area contributed by atoms with Crippen LogP contribution in [0, 0.1) is 6.92 Å². The lowest BCUT2D eigenvalue weighted by Crippen LogP contribution is -2.30. The number of likely N-dealkylation sites (N-methyl/N-ethyl adjacent to an activating group) is 1. The molecule has 0 aliphatic heterocycles. The molecule has 0 aliphatic carbocycles. The number of hydrogen-bond acceptors (Lipinski definition) is 3. The van der Waals surface area contributed by atoms with Crippen molar-refractivity contribution in [3.63, 3.8) is 0 Å². The van der Waals surface area contributed by atoms with E-state index in [0.717, 1.165) is 5.56 Å². The van der Waals surface area contributed by atoms with Crippen LogP contribution in [0.3, 0.4) is 0 Å². The summed E-state index contributed by atoms with van der Waals surface area (Å²) >= 11 is 5.88. The second kappa shape index (κ2) is 7.18. The molecule has 0 aliphatic rings. The van der Waals surface area contributed by atoms with Gasteiger partial charge in [-0.3, -0.25) is 0 Å². The highest BCUT2D eigenvalue weighted by atomic mass is 35.5. The van der Waals surface area contributed by atoms with Crippen molar-refractivity contribution in [3.05, 3.63) is 28.8 Å². The Balaban J connectivity index is 0.00000256. The number of sulfonamides is 1. The monoisotopic (exact) mass is 298 g/mol. The van der Waals surface area contributed by atoms with Crippen molar-refractivity contribution in [2.24, 2.45) is 0 Å². The van der Waals surface area contributed by atoms with Gasteiger partial charge in [0.2, 0.25) is 10.0 Å². The Morgan fingerprint density at radius 1 is 1.29 bits per heavy atom. The van der Waals surface area contributed by atoms with Crippen LogP contribution in [0.15, 0.2) is 23.1 Å². The summed E-state index contributed by atoms with van der Waals surface area (Å²) in [5, 5.41) is 3.31. The molecule has 2 N–H and O–H groups in total. The van der Waals surface area contributed by atoms with Crippen molar-refractivity contribution in [2.75, 3.05) is 20.1 Å². The molecule has 1 rings (SSSR count). The normalized spacial score (nSPS) is 11.0. The van der Waals surface area contributed by atoms with Crippen LogP contribution < -0.4 is 10.0 Å². The second-order valence-electron chi connectivity index (χ2n) is 3.41. The van der Waals surface area contributed by atoms with E-state index in [1.54, 1.807) is 19.2 Å². The summed E-state index contributed by atoms with van der Waals surface area (Å²) in [6.45, 7) is 2.76. The molecule has 0 heterocycles. The maximum absolute atomic E-state index is 11.8. The first-order valence-corrected chi connectivity index (χ1v) is 6.74. The maximum Gasteiger partial charge on any atom is 0.240 e. The Labute approximate surface area is 113 Å². The first-order valence-electron chi connectivity index (χ1n) is 4.88. The van der Waals surface area contributed by atoms with Crippen LogP contribution >= 0.6 is 24.0 Å². The molecule has 1 aromatic rings. The summed E-state index contributed by atoms with van der Waals surface area (Å²) in [6.07, 6.45) is 0. The third kappa shape index (κ3) is 4.81. The van der Waals surface area contributed by atoms with Crippen LogP contribution in [0.5, 0.6) is 0 Å². The van der Waals surface area contributed by atoms with Crippen LogP contribution in [-0.2, 0) is 10.0 Å². The Hall–Kier alpha value is -0.330. The number of aryl methyl sites for hydroxylation is 1. The Bertz CT molecular complexity index is 463. The molecule has 0 spiro atoms. The number of halogens is 2. The van der Waals surface area contributed by atoms with Gasteiger partial charge in [-0.2, -0.15) is 0 Å². The average Bonchev–Trinajstić information content (AvgIpc) is 2.22. The van der Waals surface area contributed by atoms with E-state index in [9.17, 15) is 8.42 Å². The summed E-state index contributed by atoms with van der Waals surface area (Å²) < 4.78 is 26.0. The third-order valence-corrected chi connectivity index (χ3v) is 3.99. The number of nitrogens with one attached hydrogen (secondary N) is 2. The minimum absolute atomic E-state index is 0. The zero-order valence-corrected chi connectivity index (χ0v) is 12.0. The van der Waals surface area contributed by atoms with E-state index in [4.69, 9.17) is 11.6 Å². The van der Waals surface area contributed by atoms with Gasteiger partial charge in [0.15, 0.2) is 0 Å². The summed E-state index contributed by atoms with van der Waals surface area (Å²) in [5.41, 5.74) is 0.857. The van der Waals surface area contributed by atoms with Gasteiger partial charge in [0.05, 0.1) is 4.90 Å². The lowest BCUT2D eigenvalue weighted by atomic mass is 10.2. The first kappa shape index (κ1) is 16.7. The van der Waals surface area contributed by atoms with Gasteiger partial charge in [0.1, 0.15) is 0 Å². The fourth-order valence-corrected chi connectivity index (χ4v) is 2.44. The Morgan fingerprint density at radius 3 is 2.47 bits per heavy atom. The van der Waals surface area contributed by atoms with Crippen LogP contribution in [-0.4, -0.2) is 28.6 Å². The molecule has 0 unspecified atom stereocenters. The van der Waals surface area contributed by atoms with Gasteiger partial charge >= 0.3 is 0 Å². The van der Waals surface area contributed by atoms with Crippen molar-refractivity contribution in [1.29, 1.82) is 0 Å². The molecule has 0 bridgehead atoms. The fourth-order valence-electron chi connectivity index (χ4n) is 1.13. The van der Waals surface area contributed by atoms with E-state index < -0.39 is 10.0 Å². The summed E-state index contributed by atoms with van der Waals surface area (Å²) in [7, 11) is -1.69. The van der Waals surface area contributed by atoms with Gasteiger partial charge in [-0.05, 0) is 31.7 Å². The molecule has 98 valence electrons. The highest BCUT2D eigenvalue weighted by Crippen LogP contribution is 2.19. The molecular weight excluding hydrogens is 283 g/mol. The lowest BCUT2D eigenvalue weighted by Gasteiger charge is -2.07. The topological polar surface area (TPSA) is 58.2 Å². The van der Waals surface area contributed by atoms with E-state index in [0.29, 0.717) is 18.1 Å². The number of rotatable bonds is 5. The molecule has 4 nitrogen and oxygen atoms in total. The standard InChI is InChI=1S/C10H15ClN2O2S.ClH/c1-8-3-4-9(7-10(8)11)16(14,15)13-6-5-12-2;/h3-4,7,12-13H,5-6H2,1-2H3;1H. The second-order valence-corrected chi connectivity index (χ2v) is 5.59. The molecule has 0 aromatic heterocycles. The summed E-state index contributed by atoms with van der Waals surface area (Å²) in [6, 6.07) is 4.69. The highest BCUT2D eigenvalue weighted by Gasteiger charge is 2.13. The third-order valence-electron chi connectivity index (χ3n) is 2.12. The molecule has 0 saturated heterocycles. The van der Waals surface area contributed by atoms with Crippen LogP contribution in [0.2, 0.25) is 5.02 Å². The zero-order valence-electron chi connectivity index (χ0n) is 9.66. The van der Waals surface area contributed by atoms with Gasteiger partial charge in [-0.1, -0.05) is 17.7 Å². The molecule has 17 heavy (non-hydrogen) atoms. The molecular formula is C10H16Cl2N2O2S. The Kier molecular flexibility index (Phi) is 7.04. The predicted octanol–water partition coefficient (Wildman–Crippen LogP) is 1.57. The summed E-state index contributed by atoms with van der Waals surface area (Å²) in [4.78, 5) is 0.194. The van der Waals surface area contributed by atoms with Crippen molar-refractivity contribution in [1.82, 2.24) is 10.0 Å². The van der Waals surface area contributed by atoms with E-state index in [1.807, 2.05) is 6.92 Å². The molecule has 0 saturated carbocycles. The predicted molar refractivity (Wildman–Crippen MR) is 72.6 cm³/mol. The largest absolute Gasteiger partial charge is 0.318 e. The minimum Gasteiger partial charge on any atom is -0.318 e. The highest BCUT2D eigenvalue weighted by molar-refractivity contribution is 7.89. The maximum atomic E-state index is 11.8. The van der Waals surface area contributed by atoms with Gasteiger partial charge in [0.25, 0.3) is 0 Å². The number of hydrogen-bond donors (Lipinski definition) is 2. The van der Waals surface area contributed by atoms with Gasteiger partial charge in [-0.15, -0.1) is 12.4 Å². The molecule has 0 atom stereocenters. The van der Waals surface area contributed by atoms with Crippen LogP contribution in [0.25, 0.3) is 0 Å². The van der Waals surface area contributed by atoms with E-state index >= 15 is 0 Å². The fraction of sp³-hybridized carbons (Fsp3) is 0.400. The van der Waals surface area contributed by atoms with Crippen molar-refractivity contribution in [3.8, 4) is 0 Å². The van der Waals surface area contributed by atoms with Crippen molar-refractivity contribution >= 4 is 34.0 Å². The summed E-state index contributed by atoms with van der Waals surface area (Å²) in [5.74, 6) is 0. The molecule has 0 fully saturated rings. The zero-order chi connectivity index (χ0) is 12.2. The molecule has 7 heteroatoms. The molecule has 1 aromatic carbocycles. The lowest BCUT2D eigenvalue weighted by molar-refractivity contribution is 0.579. The SMILES string of the molecule is CNCCNS(=O)(=O)c1ccc(C)c(Cl)c1.Cl. The van der Waals surface area contributed by atoms with Gasteiger partial charge in [0, 0.05) is 18.1 Å². The van der Waals surface area contributed by atoms with Crippen molar-refractivity contribution < 1.29 is 8.42 Å². The molecule has 0 radical (unpaired) electrons. The van der Waals surface area contributed by atoms with Gasteiger partial charge < -0.3 is 5.32 Å². The van der Waals surface area contributed by atoms with Gasteiger partial charge in [-0.25, -0.2) is 13.1 Å². The molecule has 0 amide bonds. The number of benzene rings is 1.